The molecule has 0 fully saturated rings. The second kappa shape index (κ2) is 16.0. The van der Waals surface area contributed by atoms with Crippen LogP contribution in [-0.2, 0) is 9.47 Å². The Kier molecular flexibility index (Phi) is 13.9. The van der Waals surface area contributed by atoms with Crippen LogP contribution < -0.4 is 0 Å². The number of hydrogen-bond donors (Lipinski definition) is 0. The van der Waals surface area contributed by atoms with E-state index in [2.05, 4.69) is 13.8 Å². The average Bonchev–Trinajstić information content (AvgIpc) is 2.72. The molecule has 0 saturated heterocycles. The van der Waals surface area contributed by atoms with E-state index in [4.69, 9.17) is 9.47 Å². The smallest absolute Gasteiger partial charge is 0.339 e. The quantitative estimate of drug-likeness (QED) is 0.218. The number of hydrogen-bond acceptors (Lipinski definition) is 4. The van der Waals surface area contributed by atoms with Gasteiger partial charge < -0.3 is 9.47 Å². The zero-order valence-corrected chi connectivity index (χ0v) is 18.7. The molecule has 1 unspecified atom stereocenters. The van der Waals surface area contributed by atoms with E-state index in [0.29, 0.717) is 17.7 Å². The number of carbonyl (C=O) groups excluding carboxylic acids is 2. The third-order valence-corrected chi connectivity index (χ3v) is 5.12. The largest absolute Gasteiger partial charge is 0.462 e. The third-order valence-electron chi connectivity index (χ3n) is 5.12. The first-order valence-corrected chi connectivity index (χ1v) is 11.6. The van der Waals surface area contributed by atoms with Crippen molar-refractivity contribution in [3.8, 4) is 0 Å². The Balaban J connectivity index is 2.44. The van der Waals surface area contributed by atoms with Crippen LogP contribution in [0.5, 0.6) is 0 Å². The summed E-state index contributed by atoms with van der Waals surface area (Å²) in [5.41, 5.74) is 0.580. The van der Waals surface area contributed by atoms with Crippen molar-refractivity contribution >= 4 is 11.9 Å². The normalized spacial score (nSPS) is 11.8. The van der Waals surface area contributed by atoms with Crippen molar-refractivity contribution in [2.45, 2.75) is 104 Å². The molecule has 0 heterocycles. The van der Waals surface area contributed by atoms with Crippen LogP contribution in [0.25, 0.3) is 0 Å². The van der Waals surface area contributed by atoms with Crippen LogP contribution in [0.3, 0.4) is 0 Å². The van der Waals surface area contributed by atoms with E-state index in [9.17, 15) is 9.59 Å². The van der Waals surface area contributed by atoms with Gasteiger partial charge in [-0.25, -0.2) is 9.59 Å². The zero-order valence-electron chi connectivity index (χ0n) is 18.7. The summed E-state index contributed by atoms with van der Waals surface area (Å²) in [7, 11) is 0. The van der Waals surface area contributed by atoms with Crippen molar-refractivity contribution in [2.24, 2.45) is 0 Å². The second-order valence-corrected chi connectivity index (χ2v) is 7.87. The summed E-state index contributed by atoms with van der Waals surface area (Å²) in [4.78, 5) is 25.0. The van der Waals surface area contributed by atoms with Gasteiger partial charge in [-0.3, -0.25) is 0 Å². The topological polar surface area (TPSA) is 52.6 Å². The van der Waals surface area contributed by atoms with Crippen molar-refractivity contribution in [3.05, 3.63) is 35.4 Å². The molecule has 0 amide bonds. The minimum atomic E-state index is -0.446. The lowest BCUT2D eigenvalue weighted by atomic mass is 10.1. The first-order chi connectivity index (χ1) is 14.1. The highest BCUT2D eigenvalue weighted by molar-refractivity contribution is 6.03. The molecule has 0 saturated carbocycles. The van der Waals surface area contributed by atoms with Crippen molar-refractivity contribution in [1.82, 2.24) is 0 Å². The van der Waals surface area contributed by atoms with Crippen LogP contribution in [0.2, 0.25) is 0 Å². The summed E-state index contributed by atoms with van der Waals surface area (Å²) in [6, 6.07) is 6.76. The number of ether oxygens (including phenoxy) is 2. The number of benzene rings is 1. The first-order valence-electron chi connectivity index (χ1n) is 11.6. The first kappa shape index (κ1) is 25.2. The van der Waals surface area contributed by atoms with Crippen molar-refractivity contribution in [3.63, 3.8) is 0 Å². The molecule has 0 bridgehead atoms. The maximum absolute atomic E-state index is 12.6. The number of unbranched alkanes of at least 4 members (excludes halogenated alkanes) is 9. The predicted molar refractivity (Wildman–Crippen MR) is 118 cm³/mol. The molecule has 0 aliphatic rings. The average molecular weight is 405 g/mol. The predicted octanol–water partition coefficient (Wildman–Crippen LogP) is 7.11. The lowest BCUT2D eigenvalue weighted by Gasteiger charge is -2.15. The molecule has 0 spiro atoms. The van der Waals surface area contributed by atoms with Gasteiger partial charge in [0.25, 0.3) is 0 Å². The molecule has 1 rings (SSSR count). The highest BCUT2D eigenvalue weighted by Gasteiger charge is 2.20. The summed E-state index contributed by atoms with van der Waals surface area (Å²) in [5, 5.41) is 0. The maximum atomic E-state index is 12.6. The lowest BCUT2D eigenvalue weighted by Crippen LogP contribution is -2.19. The van der Waals surface area contributed by atoms with Gasteiger partial charge in [-0.05, 0) is 38.3 Å². The van der Waals surface area contributed by atoms with Gasteiger partial charge in [0.1, 0.15) is 0 Å². The Labute approximate surface area is 177 Å². The molecule has 1 aromatic carbocycles. The molecule has 0 aliphatic carbocycles. The van der Waals surface area contributed by atoms with Crippen LogP contribution in [0, 0.1) is 0 Å². The van der Waals surface area contributed by atoms with E-state index in [1.165, 1.54) is 44.9 Å². The molecule has 1 atom stereocenters. The molecule has 164 valence electrons. The Bertz CT molecular complexity index is 582. The van der Waals surface area contributed by atoms with E-state index in [-0.39, 0.29) is 6.10 Å². The van der Waals surface area contributed by atoms with Gasteiger partial charge in [0.15, 0.2) is 0 Å². The van der Waals surface area contributed by atoms with Crippen LogP contribution in [0.1, 0.15) is 119 Å². The molecule has 1 aromatic rings. The summed E-state index contributed by atoms with van der Waals surface area (Å²) in [6.45, 7) is 6.69. The summed E-state index contributed by atoms with van der Waals surface area (Å²) in [5.74, 6) is -0.892. The molecule has 0 aliphatic heterocycles. The minimum absolute atomic E-state index is 0.156. The number of esters is 2. The molecular formula is C25H40O4. The van der Waals surface area contributed by atoms with Gasteiger partial charge in [-0.15, -0.1) is 0 Å². The van der Waals surface area contributed by atoms with Gasteiger partial charge in [0.05, 0.1) is 23.8 Å². The number of rotatable bonds is 16. The summed E-state index contributed by atoms with van der Waals surface area (Å²) >= 11 is 0. The highest BCUT2D eigenvalue weighted by Crippen LogP contribution is 2.16. The monoisotopic (exact) mass is 404 g/mol. The third kappa shape index (κ3) is 11.1. The fourth-order valence-electron chi connectivity index (χ4n) is 3.30. The molecule has 0 N–H and O–H groups in total. The fourth-order valence-corrected chi connectivity index (χ4v) is 3.30. The van der Waals surface area contributed by atoms with Crippen LogP contribution in [0.15, 0.2) is 24.3 Å². The highest BCUT2D eigenvalue weighted by atomic mass is 16.5. The second-order valence-electron chi connectivity index (χ2n) is 7.87. The Morgan fingerprint density at radius 1 is 0.759 bits per heavy atom. The minimum Gasteiger partial charge on any atom is -0.462 e. The van der Waals surface area contributed by atoms with Gasteiger partial charge in [-0.1, -0.05) is 83.8 Å². The van der Waals surface area contributed by atoms with E-state index < -0.39 is 11.9 Å². The molecule has 0 radical (unpaired) electrons. The van der Waals surface area contributed by atoms with Gasteiger partial charge in [-0.2, -0.15) is 0 Å². The van der Waals surface area contributed by atoms with Crippen molar-refractivity contribution in [2.75, 3.05) is 6.61 Å². The van der Waals surface area contributed by atoms with Crippen LogP contribution in [0.4, 0.5) is 0 Å². The van der Waals surface area contributed by atoms with Gasteiger partial charge in [0.2, 0.25) is 0 Å². The molecule has 0 aromatic heterocycles. The zero-order chi connectivity index (χ0) is 21.3. The molecule has 29 heavy (non-hydrogen) atoms. The fraction of sp³-hybridized carbons (Fsp3) is 0.680. The summed E-state index contributed by atoms with van der Waals surface area (Å²) in [6.07, 6.45) is 13.4. The molecule has 4 nitrogen and oxygen atoms in total. The Morgan fingerprint density at radius 3 is 1.90 bits per heavy atom. The van der Waals surface area contributed by atoms with Gasteiger partial charge in [0, 0.05) is 0 Å². The molecule has 4 heteroatoms. The van der Waals surface area contributed by atoms with Crippen molar-refractivity contribution in [1.29, 1.82) is 0 Å². The molecular weight excluding hydrogens is 364 g/mol. The lowest BCUT2D eigenvalue weighted by molar-refractivity contribution is 0.0307. The van der Waals surface area contributed by atoms with Gasteiger partial charge >= 0.3 is 11.9 Å². The van der Waals surface area contributed by atoms with E-state index in [1.54, 1.807) is 24.3 Å². The summed E-state index contributed by atoms with van der Waals surface area (Å²) < 4.78 is 11.0. The van der Waals surface area contributed by atoms with E-state index in [1.807, 2.05) is 6.92 Å². The van der Waals surface area contributed by atoms with E-state index in [0.717, 1.165) is 32.1 Å². The van der Waals surface area contributed by atoms with E-state index >= 15 is 0 Å². The Hall–Kier alpha value is -1.84. The van der Waals surface area contributed by atoms with Crippen LogP contribution >= 0.6 is 0 Å². The van der Waals surface area contributed by atoms with Crippen molar-refractivity contribution < 1.29 is 19.1 Å². The maximum Gasteiger partial charge on any atom is 0.339 e. The SMILES string of the molecule is CCCCCCCCOC(=O)c1ccccc1C(=O)OC(C)CCCCCCC. The number of carbonyl (C=O) groups is 2. The Morgan fingerprint density at radius 2 is 1.28 bits per heavy atom. The standard InChI is InChI=1S/C25H40O4/c1-4-6-8-10-12-16-20-28-24(26)22-18-14-15-19-23(22)25(27)29-21(3)17-13-11-9-7-5-2/h14-15,18-19,21H,4-13,16-17,20H2,1-3H3. The van der Waals surface area contributed by atoms with Crippen LogP contribution in [-0.4, -0.2) is 24.6 Å².